The van der Waals surface area contributed by atoms with Gasteiger partial charge in [-0.2, -0.15) is 0 Å². The first-order valence-electron chi connectivity index (χ1n) is 6.70. The summed E-state index contributed by atoms with van der Waals surface area (Å²) in [5, 5.41) is 0. The van der Waals surface area contributed by atoms with Crippen LogP contribution in [0, 0.1) is 0 Å². The third-order valence-electron chi connectivity index (χ3n) is 3.58. The van der Waals surface area contributed by atoms with Gasteiger partial charge in [0, 0.05) is 22.6 Å². The molecule has 0 aliphatic carbocycles. The van der Waals surface area contributed by atoms with Crippen molar-refractivity contribution >= 4 is 21.8 Å². The average Bonchev–Trinajstić information content (AvgIpc) is 2.53. The normalized spacial score (nSPS) is 11.8. The summed E-state index contributed by atoms with van der Waals surface area (Å²) in [6, 6.07) is 15.1. The molecule has 0 saturated carbocycles. The molecule has 0 N–H and O–H groups in total. The number of benzene rings is 2. The highest BCUT2D eigenvalue weighted by Crippen LogP contribution is 2.29. The SMILES string of the molecule is COc1ccccc1C(C)N(C)C(=O)c1ccc(Br)cc1. The highest BCUT2D eigenvalue weighted by molar-refractivity contribution is 9.10. The minimum Gasteiger partial charge on any atom is -0.496 e. The Morgan fingerprint density at radius 3 is 2.38 bits per heavy atom. The molecule has 0 aliphatic heterocycles. The Labute approximate surface area is 133 Å². The van der Waals surface area contributed by atoms with E-state index < -0.39 is 0 Å². The standard InChI is InChI=1S/C17H18BrNO2/c1-12(15-6-4-5-7-16(15)21-3)19(2)17(20)13-8-10-14(18)11-9-13/h4-12H,1-3H3. The molecule has 0 heterocycles. The van der Waals surface area contributed by atoms with Crippen LogP contribution in [0.5, 0.6) is 5.75 Å². The van der Waals surface area contributed by atoms with Gasteiger partial charge in [0.15, 0.2) is 0 Å². The van der Waals surface area contributed by atoms with E-state index >= 15 is 0 Å². The molecular weight excluding hydrogens is 330 g/mol. The molecule has 1 unspecified atom stereocenters. The van der Waals surface area contributed by atoms with E-state index in [0.717, 1.165) is 15.8 Å². The monoisotopic (exact) mass is 347 g/mol. The van der Waals surface area contributed by atoms with Crippen molar-refractivity contribution in [3.63, 3.8) is 0 Å². The quantitative estimate of drug-likeness (QED) is 0.825. The van der Waals surface area contributed by atoms with E-state index in [4.69, 9.17) is 4.74 Å². The van der Waals surface area contributed by atoms with Crippen molar-refractivity contribution in [2.75, 3.05) is 14.2 Å². The van der Waals surface area contributed by atoms with Crippen LogP contribution in [0.3, 0.4) is 0 Å². The van der Waals surface area contributed by atoms with Crippen LogP contribution in [0.1, 0.15) is 28.9 Å². The topological polar surface area (TPSA) is 29.5 Å². The van der Waals surface area contributed by atoms with Gasteiger partial charge in [-0.3, -0.25) is 4.79 Å². The van der Waals surface area contributed by atoms with Crippen LogP contribution in [-0.4, -0.2) is 25.0 Å². The molecule has 3 nitrogen and oxygen atoms in total. The summed E-state index contributed by atoms with van der Waals surface area (Å²) in [5.41, 5.74) is 1.66. The molecule has 2 aromatic rings. The molecule has 0 saturated heterocycles. The fraction of sp³-hybridized carbons (Fsp3) is 0.235. The molecular formula is C17H18BrNO2. The second-order valence-corrected chi connectivity index (χ2v) is 5.76. The number of hydrogen-bond acceptors (Lipinski definition) is 2. The van der Waals surface area contributed by atoms with Gasteiger partial charge in [-0.25, -0.2) is 0 Å². The number of carbonyl (C=O) groups is 1. The van der Waals surface area contributed by atoms with Crippen LogP contribution >= 0.6 is 15.9 Å². The Bertz CT molecular complexity index is 625. The van der Waals surface area contributed by atoms with E-state index in [-0.39, 0.29) is 11.9 Å². The van der Waals surface area contributed by atoms with Gasteiger partial charge in [-0.1, -0.05) is 34.1 Å². The maximum Gasteiger partial charge on any atom is 0.254 e. The van der Waals surface area contributed by atoms with Gasteiger partial charge in [-0.05, 0) is 37.3 Å². The van der Waals surface area contributed by atoms with Crippen LogP contribution in [0.2, 0.25) is 0 Å². The predicted molar refractivity (Wildman–Crippen MR) is 87.6 cm³/mol. The van der Waals surface area contributed by atoms with E-state index in [9.17, 15) is 4.79 Å². The van der Waals surface area contributed by atoms with Gasteiger partial charge >= 0.3 is 0 Å². The molecule has 0 fully saturated rings. The number of amides is 1. The zero-order valence-corrected chi connectivity index (χ0v) is 13.9. The fourth-order valence-corrected chi connectivity index (χ4v) is 2.46. The summed E-state index contributed by atoms with van der Waals surface area (Å²) in [4.78, 5) is 14.3. The van der Waals surface area contributed by atoms with Gasteiger partial charge in [0.2, 0.25) is 0 Å². The second-order valence-electron chi connectivity index (χ2n) is 4.84. The average molecular weight is 348 g/mol. The molecule has 110 valence electrons. The molecule has 0 aromatic heterocycles. The van der Waals surface area contributed by atoms with E-state index in [1.807, 2.05) is 62.5 Å². The van der Waals surface area contributed by atoms with E-state index in [0.29, 0.717) is 5.56 Å². The Balaban J connectivity index is 2.24. The van der Waals surface area contributed by atoms with E-state index in [2.05, 4.69) is 15.9 Å². The van der Waals surface area contributed by atoms with Crippen molar-refractivity contribution in [2.45, 2.75) is 13.0 Å². The van der Waals surface area contributed by atoms with Crippen molar-refractivity contribution in [1.29, 1.82) is 0 Å². The van der Waals surface area contributed by atoms with Crippen LogP contribution in [0.4, 0.5) is 0 Å². The number of methoxy groups -OCH3 is 1. The van der Waals surface area contributed by atoms with Crippen LogP contribution in [-0.2, 0) is 0 Å². The lowest BCUT2D eigenvalue weighted by Gasteiger charge is -2.26. The van der Waals surface area contributed by atoms with Crippen molar-refractivity contribution in [1.82, 2.24) is 4.90 Å². The molecule has 0 aliphatic rings. The minimum absolute atomic E-state index is 0.0130. The number of rotatable bonds is 4. The number of hydrogen-bond donors (Lipinski definition) is 0. The smallest absolute Gasteiger partial charge is 0.254 e. The third-order valence-corrected chi connectivity index (χ3v) is 4.11. The molecule has 2 rings (SSSR count). The lowest BCUT2D eigenvalue weighted by Crippen LogP contribution is -2.29. The van der Waals surface area contributed by atoms with Gasteiger partial charge in [-0.15, -0.1) is 0 Å². The third kappa shape index (κ3) is 3.45. The number of ether oxygens (including phenoxy) is 1. The first kappa shape index (κ1) is 15.6. The number of para-hydroxylation sites is 1. The minimum atomic E-state index is -0.0719. The number of halogens is 1. The largest absolute Gasteiger partial charge is 0.496 e. The van der Waals surface area contributed by atoms with E-state index in [1.54, 1.807) is 12.0 Å². The van der Waals surface area contributed by atoms with Gasteiger partial charge in [0.25, 0.3) is 5.91 Å². The van der Waals surface area contributed by atoms with Crippen molar-refractivity contribution in [2.24, 2.45) is 0 Å². The lowest BCUT2D eigenvalue weighted by molar-refractivity contribution is 0.0741. The maximum absolute atomic E-state index is 12.5. The highest BCUT2D eigenvalue weighted by Gasteiger charge is 2.21. The van der Waals surface area contributed by atoms with E-state index in [1.165, 1.54) is 0 Å². The first-order chi connectivity index (χ1) is 10.0. The molecule has 21 heavy (non-hydrogen) atoms. The van der Waals surface area contributed by atoms with Crippen molar-refractivity contribution in [3.05, 3.63) is 64.1 Å². The summed E-state index contributed by atoms with van der Waals surface area (Å²) >= 11 is 3.37. The zero-order chi connectivity index (χ0) is 15.4. The Hall–Kier alpha value is -1.81. The Morgan fingerprint density at radius 1 is 1.14 bits per heavy atom. The highest BCUT2D eigenvalue weighted by atomic mass is 79.9. The van der Waals surface area contributed by atoms with Gasteiger partial charge in [0.1, 0.15) is 5.75 Å². The molecule has 1 amide bonds. The van der Waals surface area contributed by atoms with Crippen molar-refractivity contribution in [3.8, 4) is 5.75 Å². The van der Waals surface area contributed by atoms with Gasteiger partial charge < -0.3 is 9.64 Å². The zero-order valence-electron chi connectivity index (χ0n) is 12.3. The fourth-order valence-electron chi connectivity index (χ4n) is 2.19. The summed E-state index contributed by atoms with van der Waals surface area (Å²) in [6.45, 7) is 1.99. The summed E-state index contributed by atoms with van der Waals surface area (Å²) < 4.78 is 6.33. The van der Waals surface area contributed by atoms with Crippen LogP contribution in [0.15, 0.2) is 53.0 Å². The molecule has 4 heteroatoms. The number of carbonyl (C=O) groups excluding carboxylic acids is 1. The molecule has 0 radical (unpaired) electrons. The molecule has 0 bridgehead atoms. The Morgan fingerprint density at radius 2 is 1.76 bits per heavy atom. The molecule has 1 atom stereocenters. The summed E-state index contributed by atoms with van der Waals surface area (Å²) in [5.74, 6) is 0.779. The summed E-state index contributed by atoms with van der Waals surface area (Å²) in [6.07, 6.45) is 0. The van der Waals surface area contributed by atoms with Gasteiger partial charge in [0.05, 0.1) is 13.2 Å². The lowest BCUT2D eigenvalue weighted by atomic mass is 10.0. The number of nitrogens with zero attached hydrogens (tertiary/aromatic N) is 1. The summed E-state index contributed by atoms with van der Waals surface area (Å²) in [7, 11) is 3.45. The maximum atomic E-state index is 12.5. The Kier molecular flexibility index (Phi) is 5.02. The second kappa shape index (κ2) is 6.76. The first-order valence-corrected chi connectivity index (χ1v) is 7.49. The van der Waals surface area contributed by atoms with Crippen LogP contribution < -0.4 is 4.74 Å². The van der Waals surface area contributed by atoms with Crippen LogP contribution in [0.25, 0.3) is 0 Å². The molecule has 2 aromatic carbocycles. The predicted octanol–water partition coefficient (Wildman–Crippen LogP) is 4.29. The van der Waals surface area contributed by atoms with Crippen molar-refractivity contribution < 1.29 is 9.53 Å². The molecule has 0 spiro atoms.